The summed E-state index contributed by atoms with van der Waals surface area (Å²) in [7, 11) is 0. The van der Waals surface area contributed by atoms with Gasteiger partial charge in [0.2, 0.25) is 5.91 Å². The van der Waals surface area contributed by atoms with E-state index in [0.29, 0.717) is 6.42 Å². The van der Waals surface area contributed by atoms with Crippen molar-refractivity contribution in [2.24, 2.45) is 0 Å². The second-order valence-electron chi connectivity index (χ2n) is 4.48. The second-order valence-corrected chi connectivity index (χ2v) is 5.91. The van der Waals surface area contributed by atoms with Gasteiger partial charge in [0.15, 0.2) is 0 Å². The number of carbonyl (C=O) groups excluding carboxylic acids is 1. The number of nitrogens with two attached hydrogens (primary N) is 1. The first-order chi connectivity index (χ1) is 9.74. The van der Waals surface area contributed by atoms with Crippen LogP contribution in [0, 0.1) is 0 Å². The average Bonchev–Trinajstić information content (AvgIpc) is 2.38. The van der Waals surface area contributed by atoms with Gasteiger partial charge in [-0.15, -0.1) is 11.8 Å². The van der Waals surface area contributed by atoms with E-state index in [-0.39, 0.29) is 29.0 Å². The maximum absolute atomic E-state index is 12.7. The molecule has 1 atom stereocenters. The molecule has 0 radical (unpaired) electrons. The Bertz CT molecular complexity index is 495. The van der Waals surface area contributed by atoms with Gasteiger partial charge in [-0.25, -0.2) is 0 Å². The van der Waals surface area contributed by atoms with Crippen LogP contribution < -0.4 is 11.1 Å². The number of carbonyl (C=O) groups is 1. The highest BCUT2D eigenvalue weighted by Crippen LogP contribution is 2.35. The Hall–Kier alpha value is -1.41. The molecule has 4 N–H and O–H groups in total. The number of anilines is 2. The molecule has 1 aromatic rings. The van der Waals surface area contributed by atoms with E-state index in [1.807, 2.05) is 6.92 Å². The fraction of sp³-hybridized carbons (Fsp3) is 0.462. The van der Waals surface area contributed by atoms with Crippen LogP contribution in [0.2, 0.25) is 0 Å². The van der Waals surface area contributed by atoms with Gasteiger partial charge in [0.25, 0.3) is 0 Å². The van der Waals surface area contributed by atoms with Gasteiger partial charge < -0.3 is 16.2 Å². The zero-order valence-corrected chi connectivity index (χ0v) is 12.2. The number of nitrogens with one attached hydrogen (secondary N) is 1. The van der Waals surface area contributed by atoms with E-state index in [0.717, 1.165) is 12.1 Å². The van der Waals surface area contributed by atoms with Gasteiger partial charge in [0.05, 0.1) is 11.3 Å². The minimum Gasteiger partial charge on any atom is -0.398 e. The lowest BCUT2D eigenvalue weighted by molar-refractivity contribution is -0.136. The molecule has 0 bridgehead atoms. The number of hydrogen-bond acceptors (Lipinski definition) is 4. The van der Waals surface area contributed by atoms with Crippen molar-refractivity contribution < 1.29 is 23.1 Å². The van der Waals surface area contributed by atoms with Crippen LogP contribution in [0.5, 0.6) is 0 Å². The van der Waals surface area contributed by atoms with E-state index in [9.17, 15) is 18.0 Å². The van der Waals surface area contributed by atoms with Crippen molar-refractivity contribution in [3.8, 4) is 0 Å². The molecule has 0 fully saturated rings. The summed E-state index contributed by atoms with van der Waals surface area (Å²) in [5, 5.41) is 11.2. The van der Waals surface area contributed by atoms with Gasteiger partial charge in [-0.05, 0) is 24.6 Å². The number of benzene rings is 1. The standard InChI is InChI=1S/C13H17F3N2O2S/c1-8(4-5-19)21-7-12(20)18-9-2-3-11(17)10(6-9)13(14,15)16/h2-3,6,8,19H,4-5,7,17H2,1H3,(H,18,20). The van der Waals surface area contributed by atoms with Crippen LogP contribution in [-0.4, -0.2) is 28.6 Å². The highest BCUT2D eigenvalue weighted by atomic mass is 32.2. The fourth-order valence-electron chi connectivity index (χ4n) is 1.56. The summed E-state index contributed by atoms with van der Waals surface area (Å²) in [4.78, 5) is 11.7. The van der Waals surface area contributed by atoms with E-state index < -0.39 is 17.6 Å². The molecule has 1 rings (SSSR count). The molecule has 0 aliphatic rings. The van der Waals surface area contributed by atoms with Crippen LogP contribution >= 0.6 is 11.8 Å². The predicted molar refractivity (Wildman–Crippen MR) is 78.1 cm³/mol. The second kappa shape index (κ2) is 7.56. The Morgan fingerprint density at radius 1 is 1.48 bits per heavy atom. The largest absolute Gasteiger partial charge is 0.418 e. The van der Waals surface area contributed by atoms with E-state index in [2.05, 4.69) is 5.32 Å². The summed E-state index contributed by atoms with van der Waals surface area (Å²) in [6.07, 6.45) is -4.01. The van der Waals surface area contributed by atoms with Crippen LogP contribution in [0.3, 0.4) is 0 Å². The zero-order valence-electron chi connectivity index (χ0n) is 11.4. The third kappa shape index (κ3) is 5.84. The monoisotopic (exact) mass is 322 g/mol. The van der Waals surface area contributed by atoms with Crippen molar-refractivity contribution >= 4 is 29.0 Å². The number of hydrogen-bond donors (Lipinski definition) is 3. The molecule has 1 unspecified atom stereocenters. The van der Waals surface area contributed by atoms with E-state index in [1.165, 1.54) is 17.8 Å². The Morgan fingerprint density at radius 3 is 2.71 bits per heavy atom. The highest BCUT2D eigenvalue weighted by molar-refractivity contribution is 8.00. The molecular weight excluding hydrogens is 305 g/mol. The molecular formula is C13H17F3N2O2S. The van der Waals surface area contributed by atoms with Crippen LogP contribution in [0.15, 0.2) is 18.2 Å². The molecule has 118 valence electrons. The number of aliphatic hydroxyl groups excluding tert-OH is 1. The summed E-state index contributed by atoms with van der Waals surface area (Å²) in [5.41, 5.74) is 3.98. The number of alkyl halides is 3. The molecule has 1 aromatic carbocycles. The third-order valence-corrected chi connectivity index (χ3v) is 3.91. The molecule has 0 aliphatic carbocycles. The number of aliphatic hydroxyl groups is 1. The molecule has 0 aromatic heterocycles. The van der Waals surface area contributed by atoms with Gasteiger partial charge in [0.1, 0.15) is 0 Å². The maximum atomic E-state index is 12.7. The summed E-state index contributed by atoms with van der Waals surface area (Å²) >= 11 is 1.32. The molecule has 0 aliphatic heterocycles. The maximum Gasteiger partial charge on any atom is 0.418 e. The summed E-state index contributed by atoms with van der Waals surface area (Å²) < 4.78 is 38.1. The SMILES string of the molecule is CC(CCO)SCC(=O)Nc1ccc(N)c(C(F)(F)F)c1. The Labute approximate surface area is 124 Å². The molecule has 4 nitrogen and oxygen atoms in total. The van der Waals surface area contributed by atoms with Gasteiger partial charge >= 0.3 is 6.18 Å². The Morgan fingerprint density at radius 2 is 2.14 bits per heavy atom. The molecule has 0 saturated carbocycles. The highest BCUT2D eigenvalue weighted by Gasteiger charge is 2.33. The topological polar surface area (TPSA) is 75.3 Å². The number of rotatable bonds is 6. The quantitative estimate of drug-likeness (QED) is 0.704. The number of nitrogen functional groups attached to an aromatic ring is 1. The van der Waals surface area contributed by atoms with Gasteiger partial charge in [-0.3, -0.25) is 4.79 Å². The van der Waals surface area contributed by atoms with Gasteiger partial charge in [-0.1, -0.05) is 6.92 Å². The predicted octanol–water partition coefficient (Wildman–Crippen LogP) is 2.73. The first-order valence-corrected chi connectivity index (χ1v) is 7.28. The lowest BCUT2D eigenvalue weighted by atomic mass is 10.1. The number of halogens is 3. The van der Waals surface area contributed by atoms with E-state index in [1.54, 1.807) is 0 Å². The molecule has 0 spiro atoms. The smallest absolute Gasteiger partial charge is 0.398 e. The lowest BCUT2D eigenvalue weighted by Crippen LogP contribution is -2.17. The van der Waals surface area contributed by atoms with Crippen LogP contribution in [0.25, 0.3) is 0 Å². The van der Waals surface area contributed by atoms with Crippen molar-refractivity contribution in [3.63, 3.8) is 0 Å². The summed E-state index contributed by atoms with van der Waals surface area (Å²) in [6.45, 7) is 1.89. The van der Waals surface area contributed by atoms with Crippen molar-refractivity contribution in [2.75, 3.05) is 23.4 Å². The molecule has 0 saturated heterocycles. The average molecular weight is 322 g/mol. The first-order valence-electron chi connectivity index (χ1n) is 6.23. The van der Waals surface area contributed by atoms with E-state index in [4.69, 9.17) is 10.8 Å². The Balaban J connectivity index is 2.65. The minimum atomic E-state index is -4.56. The third-order valence-electron chi connectivity index (χ3n) is 2.68. The minimum absolute atomic E-state index is 0.0304. The normalized spacial score (nSPS) is 13.0. The Kier molecular flexibility index (Phi) is 6.35. The lowest BCUT2D eigenvalue weighted by Gasteiger charge is -2.13. The van der Waals surface area contributed by atoms with Crippen LogP contribution in [-0.2, 0) is 11.0 Å². The van der Waals surface area contributed by atoms with Crippen molar-refractivity contribution in [2.45, 2.75) is 24.8 Å². The van der Waals surface area contributed by atoms with Gasteiger partial charge in [-0.2, -0.15) is 13.2 Å². The zero-order chi connectivity index (χ0) is 16.0. The summed E-state index contributed by atoms with van der Waals surface area (Å²) in [5.74, 6) is -0.296. The van der Waals surface area contributed by atoms with Crippen molar-refractivity contribution in [1.29, 1.82) is 0 Å². The van der Waals surface area contributed by atoms with Crippen LogP contribution in [0.1, 0.15) is 18.9 Å². The van der Waals surface area contributed by atoms with Crippen LogP contribution in [0.4, 0.5) is 24.5 Å². The molecule has 21 heavy (non-hydrogen) atoms. The van der Waals surface area contributed by atoms with Gasteiger partial charge in [0, 0.05) is 23.2 Å². The van der Waals surface area contributed by atoms with Crippen molar-refractivity contribution in [1.82, 2.24) is 0 Å². The molecule has 8 heteroatoms. The number of thioether (sulfide) groups is 1. The molecule has 0 heterocycles. The van der Waals surface area contributed by atoms with Crippen molar-refractivity contribution in [3.05, 3.63) is 23.8 Å². The van der Waals surface area contributed by atoms with E-state index >= 15 is 0 Å². The number of amides is 1. The fourth-order valence-corrected chi connectivity index (χ4v) is 2.34. The first kappa shape index (κ1) is 17.6. The molecule has 1 amide bonds. The summed E-state index contributed by atoms with van der Waals surface area (Å²) in [6, 6.07) is 3.25.